The number of hydrogen-bond acceptors (Lipinski definition) is 9. The van der Waals surface area contributed by atoms with Crippen molar-refractivity contribution in [3.63, 3.8) is 0 Å². The Morgan fingerprint density at radius 2 is 1.64 bits per heavy atom. The van der Waals surface area contributed by atoms with Crippen LogP contribution in [-0.2, 0) is 37.3 Å². The zero-order valence-corrected chi connectivity index (χ0v) is 34.3. The van der Waals surface area contributed by atoms with Gasteiger partial charge in [-0.25, -0.2) is 4.98 Å². The molecular weight excluding hydrogens is 834 g/mol. The molecule has 0 bridgehead atoms. The molecular formula is C45H40Cl2F3N5O6. The van der Waals surface area contributed by atoms with Gasteiger partial charge in [-0.3, -0.25) is 34.4 Å². The largest absolute Gasteiger partial charge is 0.504 e. The van der Waals surface area contributed by atoms with Gasteiger partial charge < -0.3 is 9.84 Å². The van der Waals surface area contributed by atoms with Crippen LogP contribution in [0.3, 0.4) is 0 Å². The van der Waals surface area contributed by atoms with Crippen LogP contribution in [0, 0.1) is 23.7 Å². The first-order valence-electron chi connectivity index (χ1n) is 20.1. The summed E-state index contributed by atoms with van der Waals surface area (Å²) in [6.45, 7) is 2.14. The van der Waals surface area contributed by atoms with Crippen molar-refractivity contribution in [2.24, 2.45) is 23.7 Å². The number of piperidine rings is 1. The standard InChI is InChI=1S/C45H40Cl2F3N5O6/c1-61-35-9-5-8-31(38(35)56)37-29-14-15-30-36(42(59)54(40(30)57)28-16-18-53(19-17-28)23-24-6-3-2-4-7-24)32(29)21-33-41(58)55(43(60)44(33,37)25-10-12-27(46)13-11-25)52-39-34(47)20-26(22-51-39)45(48,49)50/h2-14,20,22,28,30,32-33,36-37,56H,15-19,21,23H2,1H3,(H,51,52)/t30-,32+,33-,36-,37+,44+/m0/s1. The molecule has 16 heteroatoms. The number of carbonyl (C=O) groups excluding carboxylic acids is 4. The number of aromatic nitrogens is 1. The van der Waals surface area contributed by atoms with Crippen LogP contribution < -0.4 is 10.2 Å². The lowest BCUT2D eigenvalue weighted by atomic mass is 9.49. The monoisotopic (exact) mass is 873 g/mol. The molecule has 3 aromatic carbocycles. The number of ether oxygens (including phenoxy) is 1. The molecule has 1 saturated carbocycles. The summed E-state index contributed by atoms with van der Waals surface area (Å²) in [5.41, 5.74) is 2.06. The van der Waals surface area contributed by atoms with Gasteiger partial charge in [0.2, 0.25) is 11.8 Å². The molecule has 316 valence electrons. The van der Waals surface area contributed by atoms with E-state index < -0.39 is 63.6 Å². The number of fused-ring (bicyclic) bond motifs is 4. The number of phenolic OH excluding ortho intramolecular Hbond substituents is 1. The fraction of sp³-hybridized carbons (Fsp3) is 0.356. The molecule has 2 aliphatic carbocycles. The molecule has 4 amide bonds. The number of alkyl halides is 3. The molecule has 61 heavy (non-hydrogen) atoms. The number of amides is 4. The molecule has 0 spiro atoms. The van der Waals surface area contributed by atoms with Crippen molar-refractivity contribution in [2.75, 3.05) is 25.6 Å². The first-order valence-corrected chi connectivity index (χ1v) is 20.8. The first kappa shape index (κ1) is 40.9. The number of imide groups is 2. The number of anilines is 1. The second-order valence-electron chi connectivity index (χ2n) is 16.4. The fourth-order valence-electron chi connectivity index (χ4n) is 10.6. The number of carbonyl (C=O) groups is 4. The van der Waals surface area contributed by atoms with E-state index in [2.05, 4.69) is 27.4 Å². The number of rotatable bonds is 8. The van der Waals surface area contributed by atoms with Crippen molar-refractivity contribution in [3.05, 3.63) is 129 Å². The van der Waals surface area contributed by atoms with Gasteiger partial charge in [0.25, 0.3) is 11.8 Å². The molecule has 11 nitrogen and oxygen atoms in total. The summed E-state index contributed by atoms with van der Waals surface area (Å²) in [6.07, 6.45) is -0.998. The number of likely N-dealkylation sites (tertiary alicyclic amines) is 2. The van der Waals surface area contributed by atoms with Gasteiger partial charge in [0.05, 0.1) is 40.9 Å². The van der Waals surface area contributed by atoms with Crippen LogP contribution in [0.5, 0.6) is 11.5 Å². The number of methoxy groups -OCH3 is 1. The van der Waals surface area contributed by atoms with Gasteiger partial charge in [-0.2, -0.15) is 18.2 Å². The van der Waals surface area contributed by atoms with Crippen molar-refractivity contribution >= 4 is 52.6 Å². The van der Waals surface area contributed by atoms with Crippen molar-refractivity contribution < 1.29 is 42.2 Å². The van der Waals surface area contributed by atoms with Crippen LogP contribution >= 0.6 is 23.2 Å². The van der Waals surface area contributed by atoms with Crippen molar-refractivity contribution in [1.82, 2.24) is 19.8 Å². The van der Waals surface area contributed by atoms with E-state index >= 15 is 9.59 Å². The van der Waals surface area contributed by atoms with E-state index in [1.807, 2.05) is 24.3 Å². The van der Waals surface area contributed by atoms with E-state index in [-0.39, 0.29) is 53.6 Å². The topological polar surface area (TPSA) is 132 Å². The van der Waals surface area contributed by atoms with E-state index in [1.54, 1.807) is 42.5 Å². The van der Waals surface area contributed by atoms with Crippen LogP contribution in [0.15, 0.2) is 96.7 Å². The zero-order valence-electron chi connectivity index (χ0n) is 32.7. The summed E-state index contributed by atoms with van der Waals surface area (Å²) in [5, 5.41) is 12.5. The maximum Gasteiger partial charge on any atom is 0.417 e. The van der Waals surface area contributed by atoms with Gasteiger partial charge in [0.15, 0.2) is 17.3 Å². The number of halogens is 5. The van der Waals surface area contributed by atoms with E-state index in [0.29, 0.717) is 54.4 Å². The number of benzene rings is 3. The lowest BCUT2D eigenvalue weighted by Gasteiger charge is -2.50. The van der Waals surface area contributed by atoms with Gasteiger partial charge in [-0.1, -0.05) is 89.4 Å². The maximum atomic E-state index is 15.5. The summed E-state index contributed by atoms with van der Waals surface area (Å²) in [7, 11) is 1.38. The number of phenols is 1. The third-order valence-corrected chi connectivity index (χ3v) is 13.9. The first-order chi connectivity index (χ1) is 29.2. The SMILES string of the molecule is COc1cccc([C@H]2C3=CC[C@@H]4C(=O)N(C5CCN(Cc6ccccc6)CC5)C(=O)[C@@H]4[C@@H]3C[C@H]3C(=O)N(Nc4ncc(C(F)(F)F)cc4Cl)C(=O)[C@@]23c2ccc(Cl)cc2)c1O. The minimum Gasteiger partial charge on any atom is -0.504 e. The molecule has 4 aromatic rings. The number of nitrogens with one attached hydrogen (secondary N) is 1. The van der Waals surface area contributed by atoms with Crippen molar-refractivity contribution in [3.8, 4) is 11.5 Å². The van der Waals surface area contributed by atoms with Crippen molar-refractivity contribution in [2.45, 2.75) is 55.8 Å². The van der Waals surface area contributed by atoms with E-state index in [0.717, 1.165) is 11.6 Å². The van der Waals surface area contributed by atoms with Crippen LogP contribution in [0.25, 0.3) is 0 Å². The maximum absolute atomic E-state index is 15.5. The molecule has 3 saturated heterocycles. The average molecular weight is 875 g/mol. The lowest BCUT2D eigenvalue weighted by Crippen LogP contribution is -2.53. The Bertz CT molecular complexity index is 2460. The number of hydrogen-bond donors (Lipinski definition) is 2. The van der Waals surface area contributed by atoms with Crippen LogP contribution in [0.2, 0.25) is 10.0 Å². The third kappa shape index (κ3) is 6.65. The molecule has 4 heterocycles. The molecule has 4 fully saturated rings. The van der Waals surface area contributed by atoms with E-state index in [4.69, 9.17) is 27.9 Å². The fourth-order valence-corrected chi connectivity index (χ4v) is 11.0. The Balaban J connectivity index is 1.13. The highest BCUT2D eigenvalue weighted by Crippen LogP contribution is 2.65. The normalized spacial score (nSPS) is 26.9. The Kier molecular flexibility index (Phi) is 10.4. The third-order valence-electron chi connectivity index (χ3n) is 13.3. The van der Waals surface area contributed by atoms with E-state index in [1.165, 1.54) is 17.6 Å². The zero-order chi connectivity index (χ0) is 43.0. The smallest absolute Gasteiger partial charge is 0.417 e. The number of aromatic hydroxyl groups is 1. The van der Waals surface area contributed by atoms with E-state index in [9.17, 15) is 27.9 Å². The Hall–Kier alpha value is -5.44. The molecule has 3 aliphatic heterocycles. The predicted molar refractivity (Wildman–Crippen MR) is 218 cm³/mol. The number of allylic oxidation sites excluding steroid dienone is 2. The predicted octanol–water partition coefficient (Wildman–Crippen LogP) is 7.77. The van der Waals surface area contributed by atoms with Crippen molar-refractivity contribution in [1.29, 1.82) is 0 Å². The average Bonchev–Trinajstić information content (AvgIpc) is 3.62. The van der Waals surface area contributed by atoms with Gasteiger partial charge in [-0.15, -0.1) is 0 Å². The minimum absolute atomic E-state index is 0.0455. The van der Waals surface area contributed by atoms with Gasteiger partial charge in [0, 0.05) is 48.4 Å². The number of para-hydroxylation sites is 1. The van der Waals surface area contributed by atoms with Gasteiger partial charge >= 0.3 is 6.18 Å². The molecule has 2 N–H and O–H groups in total. The molecule has 1 aromatic heterocycles. The van der Waals surface area contributed by atoms with Gasteiger partial charge in [0.1, 0.15) is 0 Å². The molecule has 0 unspecified atom stereocenters. The van der Waals surface area contributed by atoms with Gasteiger partial charge in [-0.05, 0) is 67.0 Å². The Labute approximate surface area is 359 Å². The minimum atomic E-state index is -4.76. The quantitative estimate of drug-likeness (QED) is 0.135. The molecule has 0 radical (unpaired) electrons. The second kappa shape index (κ2) is 15.5. The van der Waals surface area contributed by atoms with Crippen LogP contribution in [0.4, 0.5) is 19.0 Å². The second-order valence-corrected chi connectivity index (χ2v) is 17.2. The highest BCUT2D eigenvalue weighted by atomic mass is 35.5. The van der Waals surface area contributed by atoms with Crippen LogP contribution in [-0.4, -0.2) is 74.8 Å². The summed E-state index contributed by atoms with van der Waals surface area (Å²) >= 11 is 12.7. The number of hydrazine groups is 1. The summed E-state index contributed by atoms with van der Waals surface area (Å²) < 4.78 is 46.2. The number of pyridine rings is 1. The molecule has 5 aliphatic rings. The summed E-state index contributed by atoms with van der Waals surface area (Å²) in [5.74, 6) is -7.32. The Morgan fingerprint density at radius 3 is 2.31 bits per heavy atom. The molecule has 9 rings (SSSR count). The van der Waals surface area contributed by atoms with Crippen LogP contribution in [0.1, 0.15) is 53.9 Å². The number of nitrogens with zero attached hydrogens (tertiary/aromatic N) is 4. The Morgan fingerprint density at radius 1 is 0.918 bits per heavy atom. The summed E-state index contributed by atoms with van der Waals surface area (Å²) in [6, 6.07) is 21.6. The summed E-state index contributed by atoms with van der Waals surface area (Å²) in [4.78, 5) is 67.3. The highest BCUT2D eigenvalue weighted by molar-refractivity contribution is 6.33. The highest BCUT2D eigenvalue weighted by Gasteiger charge is 2.71. The lowest BCUT2D eigenvalue weighted by molar-refractivity contribution is -0.144. The molecule has 6 atom stereocenters.